The Morgan fingerprint density at radius 2 is 0.573 bits per heavy atom. The summed E-state index contributed by atoms with van der Waals surface area (Å²) in [4.78, 5) is 38.2. The summed E-state index contributed by atoms with van der Waals surface area (Å²) in [7, 11) is 0. The number of hydrogen-bond donors (Lipinski definition) is 0. The molecule has 1 atom stereocenters. The van der Waals surface area contributed by atoms with E-state index in [1.165, 1.54) is 83.5 Å². The number of rotatable bonds is 53. The molecule has 0 aliphatic carbocycles. The summed E-state index contributed by atoms with van der Waals surface area (Å²) in [5.41, 5.74) is 0. The minimum atomic E-state index is -0.836. The van der Waals surface area contributed by atoms with Crippen LogP contribution < -0.4 is 0 Å². The highest BCUT2D eigenvalue weighted by Crippen LogP contribution is 2.14. The summed E-state index contributed by atoms with van der Waals surface area (Å²) in [5, 5.41) is 0. The lowest BCUT2D eigenvalue weighted by atomic mass is 10.1. The molecule has 0 aromatic heterocycles. The van der Waals surface area contributed by atoms with Gasteiger partial charge in [0.1, 0.15) is 13.2 Å². The first-order valence-corrected chi connectivity index (χ1v) is 30.3. The number of carbonyl (C=O) groups is 3. The van der Waals surface area contributed by atoms with Crippen LogP contribution in [0.3, 0.4) is 0 Å². The van der Waals surface area contributed by atoms with Gasteiger partial charge in [-0.25, -0.2) is 0 Å². The van der Waals surface area contributed by atoms with E-state index in [2.05, 4.69) is 154 Å². The van der Waals surface area contributed by atoms with Gasteiger partial charge >= 0.3 is 17.9 Å². The van der Waals surface area contributed by atoms with Crippen LogP contribution in [0.15, 0.2) is 146 Å². The lowest BCUT2D eigenvalue weighted by Gasteiger charge is -2.18. The number of unbranched alkanes of at least 4 members (excludes halogenated alkanes) is 19. The Hall–Kier alpha value is -4.71. The van der Waals surface area contributed by atoms with Gasteiger partial charge < -0.3 is 14.2 Å². The van der Waals surface area contributed by atoms with E-state index < -0.39 is 12.1 Å². The first-order valence-electron chi connectivity index (χ1n) is 30.3. The van der Waals surface area contributed by atoms with Crippen LogP contribution in [0.1, 0.15) is 252 Å². The van der Waals surface area contributed by atoms with Gasteiger partial charge in [-0.2, -0.15) is 0 Å². The van der Waals surface area contributed by atoms with Crippen LogP contribution in [0.4, 0.5) is 0 Å². The Kier molecular flexibility index (Phi) is 58.0. The molecule has 6 heteroatoms. The zero-order chi connectivity index (χ0) is 54.3. The Morgan fingerprint density at radius 1 is 0.293 bits per heavy atom. The van der Waals surface area contributed by atoms with E-state index in [1.54, 1.807) is 6.08 Å². The van der Waals surface area contributed by atoms with Gasteiger partial charge in [-0.15, -0.1) is 0 Å². The minimum absolute atomic E-state index is 0.116. The zero-order valence-corrected chi connectivity index (χ0v) is 48.3. The van der Waals surface area contributed by atoms with Crippen molar-refractivity contribution in [1.29, 1.82) is 0 Å². The molecule has 0 saturated carbocycles. The third-order valence-corrected chi connectivity index (χ3v) is 12.3. The Morgan fingerprint density at radius 3 is 0.933 bits per heavy atom. The smallest absolute Gasteiger partial charge is 0.309 e. The normalized spacial score (nSPS) is 13.2. The lowest BCUT2D eigenvalue weighted by Crippen LogP contribution is -2.30. The van der Waals surface area contributed by atoms with Gasteiger partial charge in [-0.3, -0.25) is 14.4 Å². The highest BCUT2D eigenvalue weighted by Gasteiger charge is 2.19. The van der Waals surface area contributed by atoms with Crippen LogP contribution in [0.5, 0.6) is 0 Å². The first-order chi connectivity index (χ1) is 37.0. The van der Waals surface area contributed by atoms with Crippen molar-refractivity contribution < 1.29 is 28.6 Å². The number of hydrogen-bond acceptors (Lipinski definition) is 6. The van der Waals surface area contributed by atoms with Gasteiger partial charge in [0.15, 0.2) is 6.10 Å². The average molecular weight is 1040 g/mol. The molecule has 0 heterocycles. The highest BCUT2D eigenvalue weighted by atomic mass is 16.6. The van der Waals surface area contributed by atoms with Crippen LogP contribution in [0.2, 0.25) is 0 Å². The summed E-state index contributed by atoms with van der Waals surface area (Å²) in [6, 6.07) is 0. The van der Waals surface area contributed by atoms with E-state index in [1.807, 2.05) is 6.08 Å². The molecule has 0 rings (SSSR count). The number of allylic oxidation sites excluding steroid dienone is 23. The molecule has 0 radical (unpaired) electrons. The summed E-state index contributed by atoms with van der Waals surface area (Å²) >= 11 is 0. The quantitative estimate of drug-likeness (QED) is 0.0261. The van der Waals surface area contributed by atoms with Crippen molar-refractivity contribution in [2.24, 2.45) is 0 Å². The Bertz CT molecular complexity index is 1660. The SMILES string of the molecule is CC/C=C\C/C=C\C/C=C\C/C=C\C/C=C\CC(=O)OCC(COC(=O)CCCCCCCCCC/C=C\C/C=C\C/C=C\C/C=C\CC)OC(=O)CCCCCCCC/C=C\C/C=C\C/C=C\CCCCCCC. The maximum Gasteiger partial charge on any atom is 0.309 e. The molecule has 0 N–H and O–H groups in total. The first kappa shape index (κ1) is 70.3. The topological polar surface area (TPSA) is 78.9 Å². The maximum absolute atomic E-state index is 12.9. The van der Waals surface area contributed by atoms with Crippen molar-refractivity contribution in [2.45, 2.75) is 258 Å². The summed E-state index contributed by atoms with van der Waals surface area (Å²) in [5.74, 6) is -1.08. The van der Waals surface area contributed by atoms with E-state index in [0.29, 0.717) is 6.42 Å². The molecule has 1 unspecified atom stereocenters. The molecule has 0 aromatic carbocycles. The van der Waals surface area contributed by atoms with Crippen LogP contribution in [-0.4, -0.2) is 37.2 Å². The van der Waals surface area contributed by atoms with Gasteiger partial charge in [0.05, 0.1) is 6.42 Å². The van der Waals surface area contributed by atoms with Crippen molar-refractivity contribution in [1.82, 2.24) is 0 Å². The van der Waals surface area contributed by atoms with Crippen molar-refractivity contribution >= 4 is 17.9 Å². The van der Waals surface area contributed by atoms with E-state index in [9.17, 15) is 14.4 Å². The molecule has 422 valence electrons. The van der Waals surface area contributed by atoms with Crippen LogP contribution >= 0.6 is 0 Å². The Labute approximate surface area is 461 Å². The van der Waals surface area contributed by atoms with Crippen molar-refractivity contribution in [3.05, 3.63) is 146 Å². The van der Waals surface area contributed by atoms with E-state index in [4.69, 9.17) is 14.2 Å². The third kappa shape index (κ3) is 60.0. The van der Waals surface area contributed by atoms with Gasteiger partial charge in [-0.05, 0) is 122 Å². The summed E-state index contributed by atoms with van der Waals surface area (Å²) in [6.45, 7) is 6.29. The van der Waals surface area contributed by atoms with Gasteiger partial charge in [-0.1, -0.05) is 256 Å². The molecule has 0 saturated heterocycles. The van der Waals surface area contributed by atoms with Gasteiger partial charge in [0, 0.05) is 12.8 Å². The summed E-state index contributed by atoms with van der Waals surface area (Å²) < 4.78 is 16.8. The number of esters is 3. The van der Waals surface area contributed by atoms with Crippen LogP contribution in [0, 0.1) is 0 Å². The molecular weight excluding hydrogens is 925 g/mol. The molecule has 0 aliphatic rings. The molecule has 0 bridgehead atoms. The second-order valence-electron chi connectivity index (χ2n) is 19.5. The second-order valence-corrected chi connectivity index (χ2v) is 19.5. The van der Waals surface area contributed by atoms with E-state index in [0.717, 1.165) is 128 Å². The molecular formula is C69H110O6. The van der Waals surface area contributed by atoms with Gasteiger partial charge in [0.2, 0.25) is 0 Å². The molecule has 0 aliphatic heterocycles. The fourth-order valence-electron chi connectivity index (χ4n) is 7.87. The second kappa shape index (κ2) is 61.8. The van der Waals surface area contributed by atoms with Crippen molar-refractivity contribution in [3.63, 3.8) is 0 Å². The van der Waals surface area contributed by atoms with Crippen molar-refractivity contribution in [2.75, 3.05) is 13.2 Å². The maximum atomic E-state index is 12.9. The largest absolute Gasteiger partial charge is 0.462 e. The fraction of sp³-hybridized carbons (Fsp3) is 0.609. The third-order valence-electron chi connectivity index (χ3n) is 12.3. The van der Waals surface area contributed by atoms with Crippen molar-refractivity contribution in [3.8, 4) is 0 Å². The highest BCUT2D eigenvalue weighted by molar-refractivity contribution is 5.72. The fourth-order valence-corrected chi connectivity index (χ4v) is 7.87. The van der Waals surface area contributed by atoms with Crippen LogP contribution in [0.25, 0.3) is 0 Å². The number of ether oxygens (including phenoxy) is 3. The lowest BCUT2D eigenvalue weighted by molar-refractivity contribution is -0.166. The molecule has 0 spiro atoms. The monoisotopic (exact) mass is 1030 g/mol. The standard InChI is InChI=1S/C69H110O6/c1-4-7-10-13-16-19-22-25-28-30-32-34-36-38-41-44-47-50-53-56-59-62-68(71)74-65-66(64-73-67(70)61-58-55-52-49-46-43-40-27-24-21-18-15-12-9-6-3)75-69(72)63-60-57-54-51-48-45-42-39-37-35-33-31-29-26-23-20-17-14-11-8-5-2/h7,9-10,12,16,18-19,21,23,25-28,31-34,37,39-40,46,49,55,58,66H,4-6,8,11,13-15,17,20,22,24,29-30,35-36,38,41-45,47-48,50-54,56-57,59-65H2,1-3H3/b10-7-,12-9-,19-16-,21-18-,26-23-,28-25-,33-31-,34-32-,39-37-,40-27-,49-46-,58-55-. The molecule has 0 aromatic rings. The molecule has 0 amide bonds. The minimum Gasteiger partial charge on any atom is -0.462 e. The molecule has 75 heavy (non-hydrogen) atoms. The predicted molar refractivity (Wildman–Crippen MR) is 325 cm³/mol. The van der Waals surface area contributed by atoms with E-state index in [-0.39, 0.29) is 38.0 Å². The van der Waals surface area contributed by atoms with Crippen LogP contribution in [-0.2, 0) is 28.6 Å². The average Bonchev–Trinajstić information content (AvgIpc) is 3.41. The molecule has 6 nitrogen and oxygen atoms in total. The summed E-state index contributed by atoms with van der Waals surface area (Å²) in [6.07, 6.45) is 88.6. The molecule has 0 fully saturated rings. The number of carbonyl (C=O) groups excluding carboxylic acids is 3. The zero-order valence-electron chi connectivity index (χ0n) is 48.3. The van der Waals surface area contributed by atoms with E-state index >= 15 is 0 Å². The Balaban J connectivity index is 4.52. The van der Waals surface area contributed by atoms with Gasteiger partial charge in [0.25, 0.3) is 0 Å². The predicted octanol–water partition coefficient (Wildman–Crippen LogP) is 20.8.